The molecule has 0 bridgehead atoms. The van der Waals surface area contributed by atoms with Gasteiger partial charge in [-0.05, 0) is 12.1 Å². The second-order valence-corrected chi connectivity index (χ2v) is 2.94. The van der Waals surface area contributed by atoms with Gasteiger partial charge in [0.05, 0.1) is 17.8 Å². The molecule has 0 saturated carbocycles. The van der Waals surface area contributed by atoms with Gasteiger partial charge in [0.2, 0.25) is 0 Å². The third-order valence-electron chi connectivity index (χ3n) is 1.60. The van der Waals surface area contributed by atoms with Crippen molar-refractivity contribution in [3.63, 3.8) is 0 Å². The van der Waals surface area contributed by atoms with Gasteiger partial charge < -0.3 is 10.1 Å². The van der Waals surface area contributed by atoms with Gasteiger partial charge in [-0.25, -0.2) is 4.39 Å². The lowest BCUT2D eigenvalue weighted by Gasteiger charge is -2.06. The van der Waals surface area contributed by atoms with Crippen LogP contribution in [0.1, 0.15) is 0 Å². The third-order valence-corrected chi connectivity index (χ3v) is 1.89. The molecule has 0 radical (unpaired) electrons. The number of esters is 1. The zero-order chi connectivity index (χ0) is 10.6. The van der Waals surface area contributed by atoms with Crippen molar-refractivity contribution >= 4 is 23.3 Å². The normalized spacial score (nSPS) is 9.64. The van der Waals surface area contributed by atoms with Crippen LogP contribution in [0, 0.1) is 5.82 Å². The number of nitrogens with one attached hydrogen (secondary N) is 1. The molecular weight excluding hydrogens is 209 g/mol. The number of hydrogen-bond donors (Lipinski definition) is 1. The highest BCUT2D eigenvalue weighted by Crippen LogP contribution is 2.21. The maximum Gasteiger partial charge on any atom is 0.325 e. The quantitative estimate of drug-likeness (QED) is 0.788. The first-order valence-electron chi connectivity index (χ1n) is 3.90. The van der Waals surface area contributed by atoms with Crippen molar-refractivity contribution in [1.29, 1.82) is 0 Å². The number of anilines is 1. The summed E-state index contributed by atoms with van der Waals surface area (Å²) in [6, 6.07) is 4.51. The predicted molar refractivity (Wildman–Crippen MR) is 51.9 cm³/mol. The van der Waals surface area contributed by atoms with E-state index in [4.69, 9.17) is 11.6 Å². The molecule has 14 heavy (non-hydrogen) atoms. The molecule has 0 aliphatic heterocycles. The Morgan fingerprint density at radius 3 is 3.00 bits per heavy atom. The van der Waals surface area contributed by atoms with E-state index in [1.165, 1.54) is 19.2 Å². The first-order valence-corrected chi connectivity index (χ1v) is 4.27. The lowest BCUT2D eigenvalue weighted by atomic mass is 10.3. The Kier molecular flexibility index (Phi) is 3.71. The van der Waals surface area contributed by atoms with Crippen LogP contribution in [0.15, 0.2) is 18.2 Å². The Morgan fingerprint density at radius 1 is 1.64 bits per heavy atom. The zero-order valence-electron chi connectivity index (χ0n) is 7.51. The first-order chi connectivity index (χ1) is 6.65. The third kappa shape index (κ3) is 2.60. The van der Waals surface area contributed by atoms with Crippen molar-refractivity contribution in [2.24, 2.45) is 0 Å². The Morgan fingerprint density at radius 2 is 2.36 bits per heavy atom. The van der Waals surface area contributed by atoms with Gasteiger partial charge in [-0.15, -0.1) is 0 Å². The average molecular weight is 218 g/mol. The van der Waals surface area contributed by atoms with Crippen LogP contribution in [0.3, 0.4) is 0 Å². The Labute approximate surface area is 85.8 Å². The molecule has 0 spiro atoms. The highest BCUT2D eigenvalue weighted by atomic mass is 35.5. The fourth-order valence-electron chi connectivity index (χ4n) is 0.880. The molecule has 0 aliphatic carbocycles. The summed E-state index contributed by atoms with van der Waals surface area (Å²) in [5.41, 5.74) is 0.183. The molecule has 1 rings (SSSR count). The van der Waals surface area contributed by atoms with Gasteiger partial charge in [0.25, 0.3) is 0 Å². The number of hydrogen-bond acceptors (Lipinski definition) is 3. The molecule has 1 aromatic rings. The lowest BCUT2D eigenvalue weighted by molar-refractivity contribution is -0.138. The first kappa shape index (κ1) is 10.8. The monoisotopic (exact) mass is 217 g/mol. The van der Waals surface area contributed by atoms with E-state index in [1.54, 1.807) is 6.07 Å². The molecule has 0 amide bonds. The molecule has 1 aromatic carbocycles. The van der Waals surface area contributed by atoms with Gasteiger partial charge in [-0.1, -0.05) is 17.7 Å². The van der Waals surface area contributed by atoms with Crippen molar-refractivity contribution in [1.82, 2.24) is 0 Å². The van der Waals surface area contributed by atoms with Crippen molar-refractivity contribution in [2.45, 2.75) is 0 Å². The van der Waals surface area contributed by atoms with Gasteiger partial charge in [0.1, 0.15) is 6.54 Å². The molecule has 5 heteroatoms. The van der Waals surface area contributed by atoms with Gasteiger partial charge in [0.15, 0.2) is 5.82 Å². The van der Waals surface area contributed by atoms with E-state index in [9.17, 15) is 9.18 Å². The molecule has 0 saturated heterocycles. The molecule has 3 nitrogen and oxygen atoms in total. The molecule has 1 N–H and O–H groups in total. The number of methoxy groups -OCH3 is 1. The van der Waals surface area contributed by atoms with Crippen LogP contribution in [0.25, 0.3) is 0 Å². The Balaban J connectivity index is 2.68. The van der Waals surface area contributed by atoms with Crippen molar-refractivity contribution in [2.75, 3.05) is 19.0 Å². The number of halogens is 2. The SMILES string of the molecule is COC(=O)CNc1cccc(Cl)c1F. The molecule has 0 unspecified atom stereocenters. The predicted octanol–water partition coefficient (Wildman–Crippen LogP) is 2.06. The Hall–Kier alpha value is -1.29. The minimum Gasteiger partial charge on any atom is -0.468 e. The average Bonchev–Trinajstić information content (AvgIpc) is 2.20. The maximum absolute atomic E-state index is 13.2. The second kappa shape index (κ2) is 4.81. The molecule has 0 aromatic heterocycles. The maximum atomic E-state index is 13.2. The molecule has 0 atom stereocenters. The second-order valence-electron chi connectivity index (χ2n) is 2.53. The van der Waals surface area contributed by atoms with Crippen LogP contribution in [-0.4, -0.2) is 19.6 Å². The molecule has 0 aliphatic rings. The fraction of sp³-hybridized carbons (Fsp3) is 0.222. The summed E-state index contributed by atoms with van der Waals surface area (Å²) < 4.78 is 17.6. The van der Waals surface area contributed by atoms with Crippen LogP contribution in [-0.2, 0) is 9.53 Å². The van der Waals surface area contributed by atoms with Crippen molar-refractivity contribution < 1.29 is 13.9 Å². The summed E-state index contributed by atoms with van der Waals surface area (Å²) in [6.45, 7) is -0.0895. The summed E-state index contributed by atoms with van der Waals surface area (Å²) in [4.78, 5) is 10.7. The van der Waals surface area contributed by atoms with E-state index in [-0.39, 0.29) is 17.3 Å². The summed E-state index contributed by atoms with van der Waals surface area (Å²) in [6.07, 6.45) is 0. The van der Waals surface area contributed by atoms with Gasteiger partial charge in [-0.3, -0.25) is 4.79 Å². The summed E-state index contributed by atoms with van der Waals surface area (Å²) in [7, 11) is 1.26. The highest BCUT2D eigenvalue weighted by molar-refractivity contribution is 6.31. The van der Waals surface area contributed by atoms with Crippen LogP contribution in [0.4, 0.5) is 10.1 Å². The minimum absolute atomic E-state index is 0.0138. The number of benzene rings is 1. The van der Waals surface area contributed by atoms with E-state index >= 15 is 0 Å². The molecule has 76 valence electrons. The van der Waals surface area contributed by atoms with E-state index in [0.29, 0.717) is 0 Å². The number of carbonyl (C=O) groups excluding carboxylic acids is 1. The topological polar surface area (TPSA) is 38.3 Å². The zero-order valence-corrected chi connectivity index (χ0v) is 8.27. The van der Waals surface area contributed by atoms with E-state index in [2.05, 4.69) is 10.1 Å². The van der Waals surface area contributed by atoms with Gasteiger partial charge >= 0.3 is 5.97 Å². The fourth-order valence-corrected chi connectivity index (χ4v) is 1.05. The van der Waals surface area contributed by atoms with Gasteiger partial charge in [0, 0.05) is 0 Å². The van der Waals surface area contributed by atoms with Crippen LogP contribution >= 0.6 is 11.6 Å². The number of rotatable bonds is 3. The minimum atomic E-state index is -0.571. The van der Waals surface area contributed by atoms with Crippen molar-refractivity contribution in [3.8, 4) is 0 Å². The molecule has 0 fully saturated rings. The van der Waals surface area contributed by atoms with Gasteiger partial charge in [-0.2, -0.15) is 0 Å². The summed E-state index contributed by atoms with van der Waals surface area (Å²) in [5.74, 6) is -1.04. The summed E-state index contributed by atoms with van der Waals surface area (Å²) >= 11 is 5.53. The molecule has 0 heterocycles. The van der Waals surface area contributed by atoms with Crippen LogP contribution in [0.5, 0.6) is 0 Å². The highest BCUT2D eigenvalue weighted by Gasteiger charge is 2.07. The Bertz CT molecular complexity index is 344. The van der Waals surface area contributed by atoms with Crippen LogP contribution in [0.2, 0.25) is 5.02 Å². The van der Waals surface area contributed by atoms with E-state index < -0.39 is 11.8 Å². The van der Waals surface area contributed by atoms with E-state index in [1.807, 2.05) is 0 Å². The molecular formula is C9H9ClFNO2. The lowest BCUT2D eigenvalue weighted by Crippen LogP contribution is -2.15. The number of ether oxygens (including phenoxy) is 1. The van der Waals surface area contributed by atoms with Crippen molar-refractivity contribution in [3.05, 3.63) is 29.0 Å². The van der Waals surface area contributed by atoms with E-state index in [0.717, 1.165) is 0 Å². The smallest absolute Gasteiger partial charge is 0.325 e. The standard InChI is InChI=1S/C9H9ClFNO2/c1-14-8(13)5-12-7-4-2-3-6(10)9(7)11/h2-4,12H,5H2,1H3. The van der Waals surface area contributed by atoms with Crippen LogP contribution < -0.4 is 5.32 Å². The number of carbonyl (C=O) groups is 1. The summed E-state index contributed by atoms with van der Waals surface area (Å²) in [5, 5.41) is 2.58. The largest absolute Gasteiger partial charge is 0.468 e.